The van der Waals surface area contributed by atoms with Gasteiger partial charge in [0.25, 0.3) is 0 Å². The lowest BCUT2D eigenvalue weighted by Gasteiger charge is -1.94. The number of hydrogen-bond donors (Lipinski definition) is 1. The molecule has 0 bridgehead atoms. The van der Waals surface area contributed by atoms with Gasteiger partial charge in [-0.05, 0) is 34.1 Å². The average Bonchev–Trinajstić information content (AvgIpc) is 1.94. The zero-order valence-electron chi connectivity index (χ0n) is 5.25. The summed E-state index contributed by atoms with van der Waals surface area (Å²) in [6.07, 6.45) is 0. The van der Waals surface area contributed by atoms with Crippen molar-refractivity contribution >= 4 is 38.2 Å². The van der Waals surface area contributed by atoms with Crippen molar-refractivity contribution in [2.45, 2.75) is 4.90 Å². The Morgan fingerprint density at radius 1 is 1.36 bits per heavy atom. The fourth-order valence-corrected chi connectivity index (χ4v) is 1.53. The summed E-state index contributed by atoms with van der Waals surface area (Å²) < 4.78 is 21.5. The molecule has 1 aromatic carbocycles. The van der Waals surface area contributed by atoms with Crippen LogP contribution >= 0.6 is 27.5 Å². The molecule has 0 N–H and O–H groups in total. The Morgan fingerprint density at radius 3 is 2.45 bits per heavy atom. The number of rotatable bonds is 1. The van der Waals surface area contributed by atoms with E-state index in [4.69, 9.17) is 11.6 Å². The van der Waals surface area contributed by atoms with Gasteiger partial charge in [0, 0.05) is 4.47 Å². The number of thiol groups is 1. The first-order valence-corrected chi connectivity index (χ1v) is 5.05. The molecule has 0 amide bonds. The van der Waals surface area contributed by atoms with Gasteiger partial charge in [0.1, 0.15) is 0 Å². The van der Waals surface area contributed by atoms with Crippen LogP contribution < -0.4 is 0 Å². The van der Waals surface area contributed by atoms with Crippen molar-refractivity contribution in [1.29, 1.82) is 0 Å². The summed E-state index contributed by atoms with van der Waals surface area (Å²) in [5, 5.41) is 0.404. The third kappa shape index (κ3) is 2.18. The van der Waals surface area contributed by atoms with Crippen molar-refractivity contribution in [3.63, 3.8) is 0 Å². The molecule has 0 aliphatic heterocycles. The second-order valence-electron chi connectivity index (χ2n) is 1.86. The summed E-state index contributed by atoms with van der Waals surface area (Å²) in [4.78, 5) is 0.230. The van der Waals surface area contributed by atoms with Gasteiger partial charge >= 0.3 is 0 Å². The lowest BCUT2D eigenvalue weighted by Crippen LogP contribution is -1.79. The summed E-state index contributed by atoms with van der Waals surface area (Å²) in [5.74, 6) is 0. The third-order valence-corrected chi connectivity index (χ3v) is 3.05. The molecule has 0 unspecified atom stereocenters. The van der Waals surface area contributed by atoms with Crippen LogP contribution in [-0.4, -0.2) is 8.42 Å². The van der Waals surface area contributed by atoms with Gasteiger partial charge in [-0.3, -0.25) is 0 Å². The Labute approximate surface area is 79.3 Å². The van der Waals surface area contributed by atoms with Crippen molar-refractivity contribution in [3.8, 4) is 0 Å². The van der Waals surface area contributed by atoms with E-state index in [9.17, 15) is 8.42 Å². The SMILES string of the molecule is O=[SH](=O)c1ccc(Br)c(Cl)c1. The lowest BCUT2D eigenvalue weighted by molar-refractivity contribution is 0.614. The average molecular weight is 256 g/mol. The van der Waals surface area contributed by atoms with E-state index >= 15 is 0 Å². The van der Waals surface area contributed by atoms with Crippen LogP contribution in [0.5, 0.6) is 0 Å². The number of halogens is 2. The molecule has 1 aromatic rings. The molecule has 5 heteroatoms. The fraction of sp³-hybridized carbons (Fsp3) is 0. The molecular weight excluding hydrogens is 251 g/mol. The van der Waals surface area contributed by atoms with Gasteiger partial charge in [0.2, 0.25) is 0 Å². The highest BCUT2D eigenvalue weighted by Crippen LogP contribution is 2.23. The Hall–Kier alpha value is -0.0600. The first-order chi connectivity index (χ1) is 5.11. The summed E-state index contributed by atoms with van der Waals surface area (Å²) >= 11 is 8.79. The van der Waals surface area contributed by atoms with E-state index < -0.39 is 10.7 Å². The maximum absolute atomic E-state index is 10.4. The lowest BCUT2D eigenvalue weighted by atomic mass is 10.4. The molecule has 60 valence electrons. The Morgan fingerprint density at radius 2 is 2.00 bits per heavy atom. The predicted molar refractivity (Wildman–Crippen MR) is 47.7 cm³/mol. The van der Waals surface area contributed by atoms with E-state index in [2.05, 4.69) is 15.9 Å². The van der Waals surface area contributed by atoms with Crippen LogP contribution in [0, 0.1) is 0 Å². The molecule has 2 nitrogen and oxygen atoms in total. The van der Waals surface area contributed by atoms with E-state index in [1.54, 1.807) is 6.07 Å². The molecule has 0 aromatic heterocycles. The van der Waals surface area contributed by atoms with E-state index in [1.165, 1.54) is 12.1 Å². The van der Waals surface area contributed by atoms with Crippen molar-refractivity contribution in [1.82, 2.24) is 0 Å². The predicted octanol–water partition coefficient (Wildman–Crippen LogP) is 2.07. The molecule has 0 saturated heterocycles. The van der Waals surface area contributed by atoms with Gasteiger partial charge in [0.15, 0.2) is 10.7 Å². The van der Waals surface area contributed by atoms with Gasteiger partial charge in [-0.25, -0.2) is 8.42 Å². The molecule has 0 aliphatic carbocycles. The summed E-state index contributed by atoms with van der Waals surface area (Å²) in [6.45, 7) is 0. The monoisotopic (exact) mass is 254 g/mol. The van der Waals surface area contributed by atoms with Crippen molar-refractivity contribution in [2.24, 2.45) is 0 Å². The second-order valence-corrected chi connectivity index (χ2v) is 4.15. The number of hydrogen-bond acceptors (Lipinski definition) is 2. The molecule has 0 atom stereocenters. The molecule has 0 radical (unpaired) electrons. The van der Waals surface area contributed by atoms with Gasteiger partial charge in [-0.2, -0.15) is 0 Å². The smallest absolute Gasteiger partial charge is 0.168 e. The van der Waals surface area contributed by atoms with Gasteiger partial charge in [0.05, 0.1) is 9.92 Å². The van der Waals surface area contributed by atoms with E-state index in [0.29, 0.717) is 9.50 Å². The minimum Gasteiger partial charge on any atom is -0.227 e. The maximum Gasteiger partial charge on any atom is 0.168 e. The summed E-state index contributed by atoms with van der Waals surface area (Å²) in [7, 11) is -2.53. The molecule has 11 heavy (non-hydrogen) atoms. The van der Waals surface area contributed by atoms with Crippen LogP contribution in [0.1, 0.15) is 0 Å². The summed E-state index contributed by atoms with van der Waals surface area (Å²) in [6, 6.07) is 4.49. The van der Waals surface area contributed by atoms with Crippen LogP contribution in [0.3, 0.4) is 0 Å². The first-order valence-electron chi connectivity index (χ1n) is 2.70. The zero-order valence-corrected chi connectivity index (χ0v) is 8.49. The standard InChI is InChI=1S/C6H4BrClO2S/c7-5-2-1-4(11(9)10)3-6(5)8/h1-3,11H. The fourth-order valence-electron chi connectivity index (χ4n) is 0.599. The molecule has 0 heterocycles. The molecule has 0 aliphatic rings. The normalized spacial score (nSPS) is 10.5. The second kappa shape index (κ2) is 3.56. The number of benzene rings is 1. The van der Waals surface area contributed by atoms with Gasteiger partial charge < -0.3 is 0 Å². The maximum atomic E-state index is 10.4. The quantitative estimate of drug-likeness (QED) is 0.780. The topological polar surface area (TPSA) is 34.1 Å². The van der Waals surface area contributed by atoms with Gasteiger partial charge in [-0.15, -0.1) is 0 Å². The molecule has 0 fully saturated rings. The van der Waals surface area contributed by atoms with Crippen molar-refractivity contribution < 1.29 is 8.42 Å². The van der Waals surface area contributed by atoms with Crippen LogP contribution in [0.4, 0.5) is 0 Å². The molecule has 0 saturated carbocycles. The largest absolute Gasteiger partial charge is 0.227 e. The van der Waals surface area contributed by atoms with E-state index in [1.807, 2.05) is 0 Å². The highest BCUT2D eigenvalue weighted by atomic mass is 79.9. The highest BCUT2D eigenvalue weighted by molar-refractivity contribution is 9.10. The van der Waals surface area contributed by atoms with Crippen molar-refractivity contribution in [2.75, 3.05) is 0 Å². The zero-order chi connectivity index (χ0) is 8.43. The molecule has 0 spiro atoms. The van der Waals surface area contributed by atoms with E-state index in [-0.39, 0.29) is 4.90 Å². The van der Waals surface area contributed by atoms with Gasteiger partial charge in [-0.1, -0.05) is 11.6 Å². The highest BCUT2D eigenvalue weighted by Gasteiger charge is 1.99. The molecular formula is C6H4BrClO2S. The van der Waals surface area contributed by atoms with Crippen LogP contribution in [0.2, 0.25) is 5.02 Å². The Kier molecular flexibility index (Phi) is 2.92. The first kappa shape index (κ1) is 9.03. The molecule has 1 rings (SSSR count). The Balaban J connectivity index is 3.26. The van der Waals surface area contributed by atoms with Crippen molar-refractivity contribution in [3.05, 3.63) is 27.7 Å². The third-order valence-electron chi connectivity index (χ3n) is 1.11. The van der Waals surface area contributed by atoms with Crippen LogP contribution in [0.15, 0.2) is 27.6 Å². The minimum atomic E-state index is -2.53. The Bertz CT molecular complexity index is 340. The van der Waals surface area contributed by atoms with E-state index in [0.717, 1.165) is 0 Å². The van der Waals surface area contributed by atoms with Crippen LogP contribution in [-0.2, 0) is 10.7 Å². The minimum absolute atomic E-state index is 0.230. The van der Waals surface area contributed by atoms with Crippen LogP contribution in [0.25, 0.3) is 0 Å². The summed E-state index contributed by atoms with van der Waals surface area (Å²) in [5.41, 5.74) is 0.